The van der Waals surface area contributed by atoms with E-state index >= 15 is 0 Å². The highest BCUT2D eigenvalue weighted by Gasteiger charge is 2.16. The molecule has 6 nitrogen and oxygen atoms in total. The second kappa shape index (κ2) is 9.32. The number of carbonyl (C=O) groups is 1. The van der Waals surface area contributed by atoms with Gasteiger partial charge in [0, 0.05) is 18.7 Å². The summed E-state index contributed by atoms with van der Waals surface area (Å²) in [7, 11) is -3.99. The van der Waals surface area contributed by atoms with Gasteiger partial charge in [0.25, 0.3) is 5.91 Å². The predicted octanol–water partition coefficient (Wildman–Crippen LogP) is 2.76. The van der Waals surface area contributed by atoms with Crippen molar-refractivity contribution in [2.24, 2.45) is 5.14 Å². The summed E-state index contributed by atoms with van der Waals surface area (Å²) >= 11 is 5.84. The van der Waals surface area contributed by atoms with Crippen molar-refractivity contribution in [3.63, 3.8) is 0 Å². The van der Waals surface area contributed by atoms with Gasteiger partial charge in [0.05, 0.1) is 5.02 Å². The van der Waals surface area contributed by atoms with Crippen LogP contribution in [0.25, 0.3) is 0 Å². The molecule has 0 aliphatic rings. The number of primary sulfonamides is 1. The van der Waals surface area contributed by atoms with Gasteiger partial charge in [-0.3, -0.25) is 9.69 Å². The minimum absolute atomic E-state index is 0.0159. The Labute approximate surface area is 165 Å². The standard InChI is InChI=1S/C19H24ClN3O3S/c1-3-23(4-2)13-15-7-5-14(6-8-15)12-22-19(24)16-9-10-17(20)18(11-16)27(21,25)26/h5-11H,3-4,12-13H2,1-2H3,(H,22,24)(H2,21,25,26). The highest BCUT2D eigenvalue weighted by Crippen LogP contribution is 2.21. The highest BCUT2D eigenvalue weighted by molar-refractivity contribution is 7.89. The van der Waals surface area contributed by atoms with Gasteiger partial charge in [-0.2, -0.15) is 0 Å². The third-order valence-corrected chi connectivity index (χ3v) is 5.67. The van der Waals surface area contributed by atoms with E-state index in [1.165, 1.54) is 23.8 Å². The fourth-order valence-electron chi connectivity index (χ4n) is 2.61. The highest BCUT2D eigenvalue weighted by atomic mass is 35.5. The Balaban J connectivity index is 2.01. The van der Waals surface area contributed by atoms with E-state index in [1.807, 2.05) is 24.3 Å². The number of nitrogens with one attached hydrogen (secondary N) is 1. The number of nitrogens with zero attached hydrogens (tertiary/aromatic N) is 1. The topological polar surface area (TPSA) is 92.5 Å². The van der Waals surface area contributed by atoms with Crippen molar-refractivity contribution in [1.82, 2.24) is 10.2 Å². The number of carbonyl (C=O) groups excluding carboxylic acids is 1. The Kier molecular flexibility index (Phi) is 7.38. The Bertz CT molecular complexity index is 895. The third-order valence-electron chi connectivity index (χ3n) is 4.28. The second-order valence-corrected chi connectivity index (χ2v) is 8.09. The van der Waals surface area contributed by atoms with Crippen LogP contribution >= 0.6 is 11.6 Å². The summed E-state index contributed by atoms with van der Waals surface area (Å²) in [4.78, 5) is 14.4. The fourth-order valence-corrected chi connectivity index (χ4v) is 3.69. The summed E-state index contributed by atoms with van der Waals surface area (Å²) in [5, 5.41) is 7.86. The van der Waals surface area contributed by atoms with Gasteiger partial charge in [-0.05, 0) is 42.4 Å². The third kappa shape index (κ3) is 6.04. The Morgan fingerprint density at radius 1 is 1.07 bits per heavy atom. The van der Waals surface area contributed by atoms with E-state index in [9.17, 15) is 13.2 Å². The van der Waals surface area contributed by atoms with E-state index in [4.69, 9.17) is 16.7 Å². The number of rotatable bonds is 8. The molecule has 0 aliphatic carbocycles. The minimum Gasteiger partial charge on any atom is -0.348 e. The summed E-state index contributed by atoms with van der Waals surface area (Å²) in [5.74, 6) is -0.399. The fraction of sp³-hybridized carbons (Fsp3) is 0.316. The molecule has 2 aromatic rings. The maximum absolute atomic E-state index is 12.3. The van der Waals surface area contributed by atoms with Gasteiger partial charge in [-0.15, -0.1) is 0 Å². The molecule has 2 rings (SSSR count). The average Bonchev–Trinajstić information content (AvgIpc) is 2.64. The Hall–Kier alpha value is -1.93. The summed E-state index contributed by atoms with van der Waals surface area (Å²) in [6.45, 7) is 7.47. The molecule has 1 amide bonds. The molecule has 0 bridgehead atoms. The van der Waals surface area contributed by atoms with Crippen LogP contribution in [0, 0.1) is 0 Å². The lowest BCUT2D eigenvalue weighted by molar-refractivity contribution is 0.0950. The van der Waals surface area contributed by atoms with Crippen LogP contribution in [-0.2, 0) is 23.1 Å². The lowest BCUT2D eigenvalue weighted by Crippen LogP contribution is -2.24. The summed E-state index contributed by atoms with van der Waals surface area (Å²) < 4.78 is 23.0. The number of nitrogens with two attached hydrogens (primary N) is 1. The van der Waals surface area contributed by atoms with Crippen LogP contribution in [0.3, 0.4) is 0 Å². The average molecular weight is 410 g/mol. The monoisotopic (exact) mass is 409 g/mol. The second-order valence-electron chi connectivity index (χ2n) is 6.15. The van der Waals surface area contributed by atoms with Crippen LogP contribution in [0.5, 0.6) is 0 Å². The number of benzene rings is 2. The summed E-state index contributed by atoms with van der Waals surface area (Å²) in [5.41, 5.74) is 2.35. The number of halogens is 1. The Morgan fingerprint density at radius 2 is 1.67 bits per heavy atom. The molecule has 3 N–H and O–H groups in total. The van der Waals surface area contributed by atoms with E-state index in [0.717, 1.165) is 25.2 Å². The number of amides is 1. The molecule has 2 aromatic carbocycles. The molecule has 0 aromatic heterocycles. The molecule has 27 heavy (non-hydrogen) atoms. The largest absolute Gasteiger partial charge is 0.348 e. The molecule has 8 heteroatoms. The first-order chi connectivity index (χ1) is 12.7. The van der Waals surface area contributed by atoms with Crippen molar-refractivity contribution >= 4 is 27.5 Å². The van der Waals surface area contributed by atoms with E-state index in [1.54, 1.807) is 0 Å². The Morgan fingerprint density at radius 3 is 2.22 bits per heavy atom. The molecule has 0 fully saturated rings. The van der Waals surface area contributed by atoms with E-state index in [2.05, 4.69) is 24.1 Å². The van der Waals surface area contributed by atoms with Gasteiger partial charge in [0.2, 0.25) is 10.0 Å². The minimum atomic E-state index is -3.99. The normalized spacial score (nSPS) is 11.6. The van der Waals surface area contributed by atoms with Crippen molar-refractivity contribution < 1.29 is 13.2 Å². The zero-order valence-electron chi connectivity index (χ0n) is 15.4. The molecule has 0 spiro atoms. The zero-order chi connectivity index (χ0) is 20.0. The molecule has 0 saturated heterocycles. The number of hydrogen-bond acceptors (Lipinski definition) is 4. The molecule has 0 radical (unpaired) electrons. The van der Waals surface area contributed by atoms with Crippen LogP contribution in [0.2, 0.25) is 5.02 Å². The van der Waals surface area contributed by atoms with Crippen LogP contribution in [0.1, 0.15) is 35.3 Å². The molecule has 0 unspecified atom stereocenters. The van der Waals surface area contributed by atoms with E-state index in [-0.39, 0.29) is 15.5 Å². The van der Waals surface area contributed by atoms with Gasteiger partial charge >= 0.3 is 0 Å². The smallest absolute Gasteiger partial charge is 0.251 e. The first-order valence-corrected chi connectivity index (χ1v) is 10.6. The molecular formula is C19H24ClN3O3S. The van der Waals surface area contributed by atoms with Crippen LogP contribution in [0.4, 0.5) is 0 Å². The SMILES string of the molecule is CCN(CC)Cc1ccc(CNC(=O)c2ccc(Cl)c(S(N)(=O)=O)c2)cc1. The van der Waals surface area contributed by atoms with Crippen molar-refractivity contribution in [1.29, 1.82) is 0 Å². The zero-order valence-corrected chi connectivity index (χ0v) is 17.0. The lowest BCUT2D eigenvalue weighted by atomic mass is 10.1. The maximum atomic E-state index is 12.3. The maximum Gasteiger partial charge on any atom is 0.251 e. The van der Waals surface area contributed by atoms with Gasteiger partial charge in [0.15, 0.2) is 0 Å². The number of sulfonamides is 1. The van der Waals surface area contributed by atoms with E-state index in [0.29, 0.717) is 6.54 Å². The molecular weight excluding hydrogens is 386 g/mol. The van der Waals surface area contributed by atoms with Crippen LogP contribution in [0.15, 0.2) is 47.4 Å². The first kappa shape index (κ1) is 21.4. The van der Waals surface area contributed by atoms with Crippen molar-refractivity contribution in [2.75, 3.05) is 13.1 Å². The van der Waals surface area contributed by atoms with E-state index < -0.39 is 15.9 Å². The van der Waals surface area contributed by atoms with Gasteiger partial charge in [0.1, 0.15) is 4.90 Å². The molecule has 0 aliphatic heterocycles. The predicted molar refractivity (Wildman–Crippen MR) is 107 cm³/mol. The molecule has 0 heterocycles. The van der Waals surface area contributed by atoms with Gasteiger partial charge in [-0.25, -0.2) is 13.6 Å². The van der Waals surface area contributed by atoms with Gasteiger partial charge in [-0.1, -0.05) is 49.7 Å². The quantitative estimate of drug-likeness (QED) is 0.701. The van der Waals surface area contributed by atoms with Crippen LogP contribution < -0.4 is 10.5 Å². The van der Waals surface area contributed by atoms with Crippen molar-refractivity contribution in [2.45, 2.75) is 31.8 Å². The van der Waals surface area contributed by atoms with Crippen molar-refractivity contribution in [3.05, 3.63) is 64.2 Å². The molecule has 0 atom stereocenters. The summed E-state index contributed by atoms with van der Waals surface area (Å²) in [6.07, 6.45) is 0. The van der Waals surface area contributed by atoms with Crippen LogP contribution in [-0.4, -0.2) is 32.3 Å². The molecule has 146 valence electrons. The first-order valence-electron chi connectivity index (χ1n) is 8.65. The summed E-state index contributed by atoms with van der Waals surface area (Å²) in [6, 6.07) is 12.0. The van der Waals surface area contributed by atoms with Gasteiger partial charge < -0.3 is 5.32 Å². The van der Waals surface area contributed by atoms with Crippen molar-refractivity contribution in [3.8, 4) is 0 Å². The molecule has 0 saturated carbocycles. The lowest BCUT2D eigenvalue weighted by Gasteiger charge is -2.18. The number of hydrogen-bond donors (Lipinski definition) is 2.